The van der Waals surface area contributed by atoms with Crippen LogP contribution in [-0.4, -0.2) is 41.6 Å². The number of aromatic nitrogens is 3. The number of para-hydroxylation sites is 1. The molecule has 0 atom stereocenters. The minimum absolute atomic E-state index is 0.0497. The predicted octanol–water partition coefficient (Wildman–Crippen LogP) is 3.28. The maximum Gasteiger partial charge on any atom is 0.275 e. The molecule has 1 aliphatic carbocycles. The Kier molecular flexibility index (Phi) is 4.83. The average molecular weight is 405 g/mol. The van der Waals surface area contributed by atoms with Crippen LogP contribution in [0.4, 0.5) is 0 Å². The molecule has 0 N–H and O–H groups in total. The summed E-state index contributed by atoms with van der Waals surface area (Å²) in [5.74, 6) is 2.50. The molecule has 0 spiro atoms. The lowest BCUT2D eigenvalue weighted by molar-refractivity contribution is 0.408. The maximum absolute atomic E-state index is 12.1. The molecule has 0 aliphatic heterocycles. The summed E-state index contributed by atoms with van der Waals surface area (Å²) in [6, 6.07) is 13.2. The number of furan rings is 1. The highest BCUT2D eigenvalue weighted by Gasteiger charge is 2.31. The standard InChI is InChI=1S/C18H20N4O3S2/c1-21(2)27(23,24)16-11-10-15(25-16)12-26-18-20-19-17(13-8-9-13)22(18)14-6-4-3-5-7-14/h3-7,10-11,13H,8-9,12H2,1-2H3. The number of thioether (sulfide) groups is 1. The Balaban J connectivity index is 1.57. The SMILES string of the molecule is CN(C)S(=O)(=O)c1ccc(CSc2nnc(C3CC3)n2-c2ccccc2)o1. The Morgan fingerprint density at radius 2 is 1.89 bits per heavy atom. The van der Waals surface area contributed by atoms with Gasteiger partial charge in [-0.3, -0.25) is 4.57 Å². The molecule has 142 valence electrons. The highest BCUT2D eigenvalue weighted by molar-refractivity contribution is 7.98. The fraction of sp³-hybridized carbons (Fsp3) is 0.333. The Labute approximate surface area is 162 Å². The van der Waals surface area contributed by atoms with Gasteiger partial charge in [-0.05, 0) is 37.1 Å². The first-order chi connectivity index (χ1) is 13.0. The molecule has 4 rings (SSSR count). The summed E-state index contributed by atoms with van der Waals surface area (Å²) in [7, 11) is -0.604. The summed E-state index contributed by atoms with van der Waals surface area (Å²) < 4.78 is 33.0. The normalized spacial score (nSPS) is 14.8. The van der Waals surface area contributed by atoms with Crippen LogP contribution in [-0.2, 0) is 15.8 Å². The van der Waals surface area contributed by atoms with E-state index in [4.69, 9.17) is 4.42 Å². The Morgan fingerprint density at radius 3 is 2.56 bits per heavy atom. The fourth-order valence-corrected chi connectivity index (χ4v) is 4.36. The number of hydrogen-bond acceptors (Lipinski definition) is 6. The van der Waals surface area contributed by atoms with Gasteiger partial charge < -0.3 is 4.42 Å². The van der Waals surface area contributed by atoms with Gasteiger partial charge in [-0.2, -0.15) is 0 Å². The molecule has 0 saturated heterocycles. The van der Waals surface area contributed by atoms with Gasteiger partial charge in [-0.15, -0.1) is 10.2 Å². The quantitative estimate of drug-likeness (QED) is 0.562. The third-order valence-corrected chi connectivity index (χ3v) is 6.97. The lowest BCUT2D eigenvalue weighted by Crippen LogP contribution is -2.21. The van der Waals surface area contributed by atoms with E-state index in [1.807, 2.05) is 30.3 Å². The van der Waals surface area contributed by atoms with Crippen molar-refractivity contribution in [3.63, 3.8) is 0 Å². The topological polar surface area (TPSA) is 81.2 Å². The Morgan fingerprint density at radius 1 is 1.15 bits per heavy atom. The van der Waals surface area contributed by atoms with Crippen molar-refractivity contribution in [2.24, 2.45) is 0 Å². The number of rotatable bonds is 7. The van der Waals surface area contributed by atoms with Gasteiger partial charge in [0.05, 0.1) is 5.75 Å². The van der Waals surface area contributed by atoms with Crippen LogP contribution in [0, 0.1) is 0 Å². The molecule has 1 saturated carbocycles. The Bertz CT molecular complexity index is 1040. The van der Waals surface area contributed by atoms with Crippen molar-refractivity contribution in [1.29, 1.82) is 0 Å². The van der Waals surface area contributed by atoms with Crippen LogP contribution in [0.3, 0.4) is 0 Å². The van der Waals surface area contributed by atoms with E-state index in [1.54, 1.807) is 6.07 Å². The fourth-order valence-electron chi connectivity index (χ4n) is 2.69. The molecule has 7 nitrogen and oxygen atoms in total. The van der Waals surface area contributed by atoms with Crippen LogP contribution in [0.15, 0.2) is 57.1 Å². The number of benzene rings is 1. The van der Waals surface area contributed by atoms with Crippen molar-refractivity contribution < 1.29 is 12.8 Å². The third kappa shape index (κ3) is 3.67. The van der Waals surface area contributed by atoms with Gasteiger partial charge >= 0.3 is 0 Å². The van der Waals surface area contributed by atoms with E-state index in [2.05, 4.69) is 14.8 Å². The molecule has 0 radical (unpaired) electrons. The molecule has 1 aromatic carbocycles. The summed E-state index contributed by atoms with van der Waals surface area (Å²) in [6.07, 6.45) is 2.28. The lowest BCUT2D eigenvalue weighted by atomic mass is 10.3. The predicted molar refractivity (Wildman–Crippen MR) is 102 cm³/mol. The smallest absolute Gasteiger partial charge is 0.275 e. The largest absolute Gasteiger partial charge is 0.447 e. The summed E-state index contributed by atoms with van der Waals surface area (Å²) >= 11 is 1.48. The van der Waals surface area contributed by atoms with Crippen molar-refractivity contribution >= 4 is 21.8 Å². The van der Waals surface area contributed by atoms with Gasteiger partial charge in [0, 0.05) is 25.7 Å². The van der Waals surface area contributed by atoms with E-state index in [1.165, 1.54) is 31.9 Å². The molecule has 2 heterocycles. The van der Waals surface area contributed by atoms with E-state index in [-0.39, 0.29) is 5.09 Å². The second-order valence-electron chi connectivity index (χ2n) is 6.58. The van der Waals surface area contributed by atoms with E-state index < -0.39 is 10.0 Å². The third-order valence-electron chi connectivity index (χ3n) is 4.33. The van der Waals surface area contributed by atoms with Gasteiger partial charge in [-0.1, -0.05) is 30.0 Å². The summed E-state index contributed by atoms with van der Waals surface area (Å²) in [4.78, 5) is 0. The first kappa shape index (κ1) is 18.3. The first-order valence-electron chi connectivity index (χ1n) is 8.61. The number of sulfonamides is 1. The van der Waals surface area contributed by atoms with Gasteiger partial charge in [0.25, 0.3) is 10.0 Å². The highest BCUT2D eigenvalue weighted by Crippen LogP contribution is 2.41. The molecule has 27 heavy (non-hydrogen) atoms. The molecule has 2 aromatic heterocycles. The van der Waals surface area contributed by atoms with Crippen LogP contribution < -0.4 is 0 Å². The molecule has 0 bridgehead atoms. The number of nitrogens with zero attached hydrogens (tertiary/aromatic N) is 4. The lowest BCUT2D eigenvalue weighted by Gasteiger charge is -2.09. The van der Waals surface area contributed by atoms with Gasteiger partial charge in [-0.25, -0.2) is 12.7 Å². The van der Waals surface area contributed by atoms with Crippen LogP contribution in [0.25, 0.3) is 5.69 Å². The molecule has 9 heteroatoms. The molecule has 0 amide bonds. The van der Waals surface area contributed by atoms with Crippen LogP contribution in [0.2, 0.25) is 0 Å². The summed E-state index contributed by atoms with van der Waals surface area (Å²) in [5.41, 5.74) is 1.03. The Hall–Kier alpha value is -2.10. The zero-order valence-corrected chi connectivity index (χ0v) is 16.7. The van der Waals surface area contributed by atoms with Gasteiger partial charge in [0.2, 0.25) is 5.09 Å². The van der Waals surface area contributed by atoms with Gasteiger partial charge in [0.1, 0.15) is 11.6 Å². The molecule has 3 aromatic rings. The second kappa shape index (κ2) is 7.14. The summed E-state index contributed by atoms with van der Waals surface area (Å²) in [6.45, 7) is 0. The maximum atomic E-state index is 12.1. The first-order valence-corrected chi connectivity index (χ1v) is 11.0. The van der Waals surface area contributed by atoms with E-state index in [9.17, 15) is 8.42 Å². The van der Waals surface area contributed by atoms with Crippen molar-refractivity contribution in [3.05, 3.63) is 54.0 Å². The zero-order chi connectivity index (χ0) is 19.0. The minimum Gasteiger partial charge on any atom is -0.447 e. The van der Waals surface area contributed by atoms with Crippen molar-refractivity contribution in [1.82, 2.24) is 19.1 Å². The van der Waals surface area contributed by atoms with Crippen molar-refractivity contribution in [2.45, 2.75) is 34.8 Å². The molecule has 1 fully saturated rings. The summed E-state index contributed by atoms with van der Waals surface area (Å²) in [5, 5.41) is 9.48. The molecular formula is C18H20N4O3S2. The van der Waals surface area contributed by atoms with Crippen LogP contribution >= 0.6 is 11.8 Å². The zero-order valence-electron chi connectivity index (χ0n) is 15.1. The average Bonchev–Trinajstić information content (AvgIpc) is 3.23. The minimum atomic E-state index is -3.56. The van der Waals surface area contributed by atoms with Crippen molar-refractivity contribution in [3.8, 4) is 5.69 Å². The monoisotopic (exact) mass is 404 g/mol. The van der Waals surface area contributed by atoms with Gasteiger partial charge in [0.15, 0.2) is 5.16 Å². The van der Waals surface area contributed by atoms with Crippen molar-refractivity contribution in [2.75, 3.05) is 14.1 Å². The molecule has 0 unspecified atom stereocenters. The van der Waals surface area contributed by atoms with Crippen LogP contribution in [0.5, 0.6) is 0 Å². The van der Waals surface area contributed by atoms with E-state index >= 15 is 0 Å². The number of hydrogen-bond donors (Lipinski definition) is 0. The van der Waals surface area contributed by atoms with E-state index in [0.29, 0.717) is 17.4 Å². The highest BCUT2D eigenvalue weighted by atomic mass is 32.2. The van der Waals surface area contributed by atoms with E-state index in [0.717, 1.165) is 33.8 Å². The second-order valence-corrected chi connectivity index (χ2v) is 9.61. The molecular weight excluding hydrogens is 384 g/mol. The van der Waals surface area contributed by atoms with Crippen LogP contribution in [0.1, 0.15) is 30.3 Å². The molecule has 1 aliphatic rings.